The summed E-state index contributed by atoms with van der Waals surface area (Å²) in [4.78, 5) is 0. The van der Waals surface area contributed by atoms with Gasteiger partial charge in [-0.2, -0.15) is 0 Å². The summed E-state index contributed by atoms with van der Waals surface area (Å²) in [5.74, 6) is -0.499. The van der Waals surface area contributed by atoms with Crippen molar-refractivity contribution in [1.82, 2.24) is 4.57 Å². The van der Waals surface area contributed by atoms with E-state index in [2.05, 4.69) is 97.1 Å². The molecule has 1 aromatic heterocycles. The first-order valence-electron chi connectivity index (χ1n) is 21.2. The van der Waals surface area contributed by atoms with Crippen LogP contribution in [0, 0.1) is 0 Å². The smallest absolute Gasteiger partial charge is 0.179 e. The first-order chi connectivity index (χ1) is 28.6. The van der Waals surface area contributed by atoms with Crippen LogP contribution in [0.15, 0.2) is 206 Å². The highest BCUT2D eigenvalue weighted by atomic mass is 28.3. The van der Waals surface area contributed by atoms with E-state index in [1.54, 1.807) is 0 Å². The molecule has 8 aromatic carbocycles. The van der Waals surface area contributed by atoms with E-state index in [1.165, 1.54) is 20.7 Å². The fourth-order valence-corrected chi connectivity index (χ4v) is 13.1. The molecule has 9 aromatic rings. The molecular weight excluding hydrogens is 631 g/mol. The highest BCUT2D eigenvalue weighted by Gasteiger charge is 2.41. The van der Waals surface area contributed by atoms with Crippen LogP contribution in [0.3, 0.4) is 0 Å². The second-order valence-corrected chi connectivity index (χ2v) is 16.8. The summed E-state index contributed by atoms with van der Waals surface area (Å²) in [5, 5.41) is 6.05. The molecule has 0 fully saturated rings. The Morgan fingerprint density at radius 1 is 0.431 bits per heavy atom. The molecule has 51 heavy (non-hydrogen) atoms. The van der Waals surface area contributed by atoms with Crippen molar-refractivity contribution in [3.63, 3.8) is 0 Å². The van der Waals surface area contributed by atoms with E-state index < -0.39 is 14.0 Å². The van der Waals surface area contributed by atoms with Gasteiger partial charge in [-0.25, -0.2) is 0 Å². The molecule has 1 aliphatic carbocycles. The maximum Gasteiger partial charge on any atom is 0.179 e. The van der Waals surface area contributed by atoms with Gasteiger partial charge in [0.05, 0.1) is 22.0 Å². The molecular formula is C49H35NSi. The van der Waals surface area contributed by atoms with Gasteiger partial charge in [-0.15, -0.1) is 0 Å². The van der Waals surface area contributed by atoms with E-state index in [4.69, 9.17) is 8.22 Å². The van der Waals surface area contributed by atoms with Gasteiger partial charge in [0.1, 0.15) is 0 Å². The fourth-order valence-electron chi connectivity index (χ4n) is 8.33. The first-order valence-corrected chi connectivity index (χ1v) is 19.2. The summed E-state index contributed by atoms with van der Waals surface area (Å²) in [6.45, 7) is 0. The van der Waals surface area contributed by atoms with Crippen molar-refractivity contribution in [3.8, 4) is 16.8 Å². The van der Waals surface area contributed by atoms with E-state index in [-0.39, 0.29) is 48.3 Å². The van der Waals surface area contributed by atoms with Crippen molar-refractivity contribution in [2.45, 2.75) is 5.92 Å². The number of fused-ring (bicyclic) bond motifs is 6. The van der Waals surface area contributed by atoms with Crippen LogP contribution in [0.1, 0.15) is 33.6 Å². The number of benzene rings is 8. The van der Waals surface area contributed by atoms with Crippen LogP contribution in [-0.2, 0) is 0 Å². The summed E-state index contributed by atoms with van der Waals surface area (Å²) in [6, 6.07) is 52.3. The Balaban J connectivity index is 1.20. The van der Waals surface area contributed by atoms with Gasteiger partial charge >= 0.3 is 0 Å². The molecule has 0 radical (unpaired) electrons. The molecule has 1 atom stereocenters. The Hall–Kier alpha value is -6.22. The van der Waals surface area contributed by atoms with Gasteiger partial charge in [0.25, 0.3) is 0 Å². The van der Waals surface area contributed by atoms with Crippen LogP contribution in [0.5, 0.6) is 0 Å². The summed E-state index contributed by atoms with van der Waals surface area (Å²) in [7, 11) is -2.82. The monoisotopic (exact) mass is 673 g/mol. The van der Waals surface area contributed by atoms with Crippen molar-refractivity contribution in [2.24, 2.45) is 0 Å². The maximum absolute atomic E-state index is 9.28. The Labute approximate surface area is 311 Å². The van der Waals surface area contributed by atoms with Crippen molar-refractivity contribution >= 4 is 50.6 Å². The Morgan fingerprint density at radius 3 is 1.69 bits per heavy atom. The van der Waals surface area contributed by atoms with Gasteiger partial charge in [0.2, 0.25) is 0 Å². The zero-order valence-electron chi connectivity index (χ0n) is 35.5. The molecule has 2 heteroatoms. The van der Waals surface area contributed by atoms with Gasteiger partial charge in [-0.1, -0.05) is 182 Å². The van der Waals surface area contributed by atoms with Gasteiger partial charge < -0.3 is 4.57 Å². The number of aromatic nitrogens is 1. The zero-order chi connectivity index (χ0) is 40.7. The van der Waals surface area contributed by atoms with Crippen molar-refractivity contribution in [3.05, 3.63) is 223 Å². The number of nitrogens with zero attached hydrogens (tertiary/aromatic N) is 1. The lowest BCUT2D eigenvalue weighted by Crippen LogP contribution is -2.74. The minimum absolute atomic E-state index is 0.0830. The molecule has 0 N–H and O–H groups in total. The van der Waals surface area contributed by atoms with Gasteiger partial charge in [0, 0.05) is 22.4 Å². The van der Waals surface area contributed by atoms with Gasteiger partial charge in [-0.05, 0) is 72.8 Å². The molecule has 1 heterocycles. The Bertz CT molecular complexity index is 3030. The fraction of sp³-hybridized carbons (Fsp3) is 0.0204. The number of hydrogen-bond acceptors (Lipinski definition) is 0. The standard InChI is InChI=1S/C49H35NSi/c1-4-16-37(17-5-1)51(38-18-6-2-7-19-38,39-20-8-3-9-21-39)40-31-28-35(29-32-40)49-44-25-11-10-22-41(44)46-34-36(30-33-45(46)49)50-47-26-14-12-23-42(47)43-24-13-15-27-48(43)50/h1-34,49H/i10D,11D,12D,14D,22D,23D,25D,26D. The van der Waals surface area contributed by atoms with Crippen LogP contribution in [0.4, 0.5) is 0 Å². The van der Waals surface area contributed by atoms with Crippen molar-refractivity contribution in [1.29, 1.82) is 0 Å². The predicted octanol–water partition coefficient (Wildman–Crippen LogP) is 9.32. The van der Waals surface area contributed by atoms with E-state index in [1.807, 2.05) is 65.2 Å². The molecule has 0 aliphatic heterocycles. The van der Waals surface area contributed by atoms with Crippen LogP contribution in [-0.4, -0.2) is 12.6 Å². The minimum Gasteiger partial charge on any atom is -0.309 e. The molecule has 1 nitrogen and oxygen atoms in total. The number of rotatable bonds is 6. The number of para-hydroxylation sites is 2. The van der Waals surface area contributed by atoms with Gasteiger partial charge in [-0.3, -0.25) is 0 Å². The molecule has 0 saturated carbocycles. The van der Waals surface area contributed by atoms with E-state index in [9.17, 15) is 2.74 Å². The van der Waals surface area contributed by atoms with E-state index in [0.717, 1.165) is 11.1 Å². The normalized spacial score (nSPS) is 15.9. The van der Waals surface area contributed by atoms with Crippen LogP contribution in [0.2, 0.25) is 0 Å². The molecule has 0 bridgehead atoms. The lowest BCUT2D eigenvalue weighted by Gasteiger charge is -2.34. The van der Waals surface area contributed by atoms with E-state index in [0.29, 0.717) is 44.2 Å². The third-order valence-corrected chi connectivity index (χ3v) is 15.3. The first kappa shape index (κ1) is 22.5. The minimum atomic E-state index is -2.82. The van der Waals surface area contributed by atoms with Gasteiger partial charge in [0.15, 0.2) is 8.07 Å². The average molecular weight is 674 g/mol. The molecule has 1 aliphatic rings. The summed E-state index contributed by atoms with van der Waals surface area (Å²) in [5.41, 5.74) is 5.02. The van der Waals surface area contributed by atoms with Crippen LogP contribution < -0.4 is 20.7 Å². The third-order valence-electron chi connectivity index (χ3n) is 10.5. The number of hydrogen-bond donors (Lipinski definition) is 0. The lowest BCUT2D eigenvalue weighted by molar-refractivity contribution is 1.01. The summed E-state index contributed by atoms with van der Waals surface area (Å²) >= 11 is 0. The predicted molar refractivity (Wildman–Crippen MR) is 217 cm³/mol. The second kappa shape index (κ2) is 12.0. The van der Waals surface area contributed by atoms with Crippen molar-refractivity contribution in [2.75, 3.05) is 0 Å². The second-order valence-electron chi connectivity index (χ2n) is 13.0. The largest absolute Gasteiger partial charge is 0.309 e. The van der Waals surface area contributed by atoms with Crippen molar-refractivity contribution < 1.29 is 11.0 Å². The van der Waals surface area contributed by atoms with Crippen LogP contribution in [0.25, 0.3) is 38.6 Å². The third kappa shape index (κ3) is 4.54. The zero-order valence-corrected chi connectivity index (χ0v) is 28.5. The quantitative estimate of drug-likeness (QED) is 0.123. The van der Waals surface area contributed by atoms with Crippen LogP contribution >= 0.6 is 0 Å². The molecule has 0 saturated heterocycles. The Morgan fingerprint density at radius 2 is 1.00 bits per heavy atom. The molecule has 240 valence electrons. The highest BCUT2D eigenvalue weighted by Crippen LogP contribution is 2.49. The maximum atomic E-state index is 9.28. The summed E-state index contributed by atoms with van der Waals surface area (Å²) in [6.07, 6.45) is 0. The molecule has 1 unspecified atom stereocenters. The Kier molecular flexibility index (Phi) is 5.28. The molecule has 0 spiro atoms. The van der Waals surface area contributed by atoms with E-state index >= 15 is 0 Å². The average Bonchev–Trinajstić information content (AvgIpc) is 3.81. The highest BCUT2D eigenvalue weighted by molar-refractivity contribution is 7.19. The lowest BCUT2D eigenvalue weighted by atomic mass is 9.89. The molecule has 0 amide bonds. The summed E-state index contributed by atoms with van der Waals surface area (Å²) < 4.78 is 72.7. The molecule has 10 rings (SSSR count). The SMILES string of the molecule is [2H]c1c([2H])c([2H])c2c(c1[2H])-c1cc(-n3c4ccccc4c4c([2H])c([2H])c([2H])c([2H])c43)ccc1C2c1ccc([Si](c2ccccc2)(c2ccccc2)c2ccccc2)cc1. The topological polar surface area (TPSA) is 4.93 Å².